The zero-order chi connectivity index (χ0) is 11.7. The summed E-state index contributed by atoms with van der Waals surface area (Å²) >= 11 is 1.42. The first-order valence-electron chi connectivity index (χ1n) is 5.33. The summed E-state index contributed by atoms with van der Waals surface area (Å²) in [7, 11) is 0. The molecule has 8 heteroatoms. The second-order valence-corrected chi connectivity index (χ2v) is 4.78. The van der Waals surface area contributed by atoms with Crippen LogP contribution in [0, 0.1) is 0 Å². The van der Waals surface area contributed by atoms with E-state index < -0.39 is 0 Å². The lowest BCUT2D eigenvalue weighted by atomic mass is 10.5. The Bertz CT molecular complexity index is 504. The van der Waals surface area contributed by atoms with Crippen molar-refractivity contribution in [3.63, 3.8) is 0 Å². The maximum atomic E-state index is 5.46. The molecule has 0 aromatic carbocycles. The molecule has 0 spiro atoms. The SMILES string of the molecule is NCc1cnc(Sc2nnnn2C2CC2)cn1. The fourth-order valence-electron chi connectivity index (χ4n) is 1.40. The van der Waals surface area contributed by atoms with Crippen LogP contribution in [0.2, 0.25) is 0 Å². The quantitative estimate of drug-likeness (QED) is 0.838. The molecule has 0 bridgehead atoms. The number of aromatic nitrogens is 6. The van der Waals surface area contributed by atoms with Crippen LogP contribution in [0.1, 0.15) is 24.6 Å². The van der Waals surface area contributed by atoms with Crippen LogP contribution in [0.3, 0.4) is 0 Å². The second-order valence-electron chi connectivity index (χ2n) is 3.79. The van der Waals surface area contributed by atoms with E-state index in [4.69, 9.17) is 5.73 Å². The van der Waals surface area contributed by atoms with Gasteiger partial charge >= 0.3 is 0 Å². The predicted molar refractivity (Wildman–Crippen MR) is 60.1 cm³/mol. The van der Waals surface area contributed by atoms with Gasteiger partial charge in [0.25, 0.3) is 0 Å². The lowest BCUT2D eigenvalue weighted by Gasteiger charge is -2.01. The zero-order valence-electron chi connectivity index (χ0n) is 9.02. The molecule has 3 rings (SSSR count). The third-order valence-corrected chi connectivity index (χ3v) is 3.31. The van der Waals surface area contributed by atoms with E-state index in [1.54, 1.807) is 12.4 Å². The Balaban J connectivity index is 1.78. The molecule has 1 fully saturated rings. The van der Waals surface area contributed by atoms with Crippen molar-refractivity contribution in [2.75, 3.05) is 0 Å². The molecular weight excluding hydrogens is 238 g/mol. The Hall–Kier alpha value is -1.54. The summed E-state index contributed by atoms with van der Waals surface area (Å²) in [6.45, 7) is 0.401. The minimum atomic E-state index is 0.401. The van der Waals surface area contributed by atoms with E-state index in [2.05, 4.69) is 25.5 Å². The van der Waals surface area contributed by atoms with Crippen molar-refractivity contribution >= 4 is 11.8 Å². The molecule has 2 N–H and O–H groups in total. The molecular formula is C9H11N7S. The van der Waals surface area contributed by atoms with Crippen LogP contribution in [-0.4, -0.2) is 30.2 Å². The molecule has 2 aromatic rings. The highest BCUT2D eigenvalue weighted by Crippen LogP contribution is 2.37. The van der Waals surface area contributed by atoms with Crippen LogP contribution in [0.25, 0.3) is 0 Å². The largest absolute Gasteiger partial charge is 0.325 e. The summed E-state index contributed by atoms with van der Waals surface area (Å²) in [6, 6.07) is 0.462. The molecule has 2 aromatic heterocycles. The van der Waals surface area contributed by atoms with E-state index in [1.807, 2.05) is 4.68 Å². The first kappa shape index (κ1) is 10.6. The molecule has 0 aliphatic heterocycles. The fraction of sp³-hybridized carbons (Fsp3) is 0.444. The van der Waals surface area contributed by atoms with Gasteiger partial charge in [-0.15, -0.1) is 5.10 Å². The van der Waals surface area contributed by atoms with Gasteiger partial charge in [-0.05, 0) is 35.0 Å². The topological polar surface area (TPSA) is 95.4 Å². The average Bonchev–Trinajstić information content (AvgIpc) is 3.11. The Morgan fingerprint density at radius 1 is 1.35 bits per heavy atom. The number of tetrazole rings is 1. The van der Waals surface area contributed by atoms with Gasteiger partial charge in [0.05, 0.1) is 24.1 Å². The van der Waals surface area contributed by atoms with Crippen molar-refractivity contribution in [1.29, 1.82) is 0 Å². The highest BCUT2D eigenvalue weighted by molar-refractivity contribution is 7.99. The van der Waals surface area contributed by atoms with Gasteiger partial charge in [-0.3, -0.25) is 4.98 Å². The molecule has 0 radical (unpaired) electrons. The highest BCUT2D eigenvalue weighted by Gasteiger charge is 2.28. The Kier molecular flexibility index (Phi) is 2.73. The van der Waals surface area contributed by atoms with Crippen molar-refractivity contribution in [2.45, 2.75) is 35.6 Å². The van der Waals surface area contributed by atoms with Crippen LogP contribution < -0.4 is 5.73 Å². The molecule has 1 aliphatic rings. The minimum Gasteiger partial charge on any atom is -0.325 e. The smallest absolute Gasteiger partial charge is 0.215 e. The van der Waals surface area contributed by atoms with Crippen molar-refractivity contribution in [2.24, 2.45) is 5.73 Å². The van der Waals surface area contributed by atoms with Gasteiger partial charge in [-0.2, -0.15) is 0 Å². The molecule has 0 saturated heterocycles. The van der Waals surface area contributed by atoms with Crippen molar-refractivity contribution in [3.05, 3.63) is 18.1 Å². The van der Waals surface area contributed by atoms with Crippen molar-refractivity contribution in [3.8, 4) is 0 Å². The monoisotopic (exact) mass is 249 g/mol. The minimum absolute atomic E-state index is 0.401. The van der Waals surface area contributed by atoms with Crippen LogP contribution in [0.15, 0.2) is 22.6 Å². The first-order valence-corrected chi connectivity index (χ1v) is 6.15. The van der Waals surface area contributed by atoms with Gasteiger partial charge in [0.2, 0.25) is 5.16 Å². The number of nitrogens with two attached hydrogens (primary N) is 1. The van der Waals surface area contributed by atoms with E-state index in [1.165, 1.54) is 11.8 Å². The number of rotatable bonds is 4. The van der Waals surface area contributed by atoms with Gasteiger partial charge in [0.15, 0.2) is 0 Å². The maximum absolute atomic E-state index is 5.46. The standard InChI is InChI=1S/C9H11N7S/c10-3-6-4-12-8(5-11-6)17-9-13-14-15-16(9)7-1-2-7/h4-5,7H,1-3,10H2. The van der Waals surface area contributed by atoms with E-state index >= 15 is 0 Å². The van der Waals surface area contributed by atoms with E-state index in [-0.39, 0.29) is 0 Å². The second kappa shape index (κ2) is 4.38. The average molecular weight is 249 g/mol. The third-order valence-electron chi connectivity index (χ3n) is 2.44. The van der Waals surface area contributed by atoms with Gasteiger partial charge in [0, 0.05) is 6.54 Å². The molecule has 88 valence electrons. The number of nitrogens with zero attached hydrogens (tertiary/aromatic N) is 6. The zero-order valence-corrected chi connectivity index (χ0v) is 9.84. The Labute approximate surface area is 102 Å². The van der Waals surface area contributed by atoms with Crippen LogP contribution in [-0.2, 0) is 6.54 Å². The lowest BCUT2D eigenvalue weighted by Crippen LogP contribution is -2.01. The van der Waals surface area contributed by atoms with E-state index in [0.29, 0.717) is 12.6 Å². The van der Waals surface area contributed by atoms with Gasteiger partial charge in [-0.25, -0.2) is 9.67 Å². The van der Waals surface area contributed by atoms with E-state index in [0.717, 1.165) is 28.7 Å². The molecule has 1 saturated carbocycles. The normalized spacial score (nSPS) is 15.1. The Morgan fingerprint density at radius 3 is 2.88 bits per heavy atom. The third kappa shape index (κ3) is 2.27. The van der Waals surface area contributed by atoms with Crippen molar-refractivity contribution < 1.29 is 0 Å². The van der Waals surface area contributed by atoms with Gasteiger partial charge in [-0.1, -0.05) is 0 Å². The van der Waals surface area contributed by atoms with Gasteiger partial charge < -0.3 is 5.73 Å². The molecule has 0 amide bonds. The number of hydrogen-bond acceptors (Lipinski definition) is 7. The maximum Gasteiger partial charge on any atom is 0.215 e. The fourth-order valence-corrected chi connectivity index (χ4v) is 2.15. The first-order chi connectivity index (χ1) is 8.36. The number of hydrogen-bond donors (Lipinski definition) is 1. The van der Waals surface area contributed by atoms with Crippen LogP contribution in [0.5, 0.6) is 0 Å². The summed E-state index contributed by atoms with van der Waals surface area (Å²) in [5.41, 5.74) is 6.24. The predicted octanol–water partition coefficient (Wildman–Crippen LogP) is 0.408. The summed E-state index contributed by atoms with van der Waals surface area (Å²) in [4.78, 5) is 8.44. The van der Waals surface area contributed by atoms with E-state index in [9.17, 15) is 0 Å². The molecule has 1 aliphatic carbocycles. The van der Waals surface area contributed by atoms with Crippen LogP contribution >= 0.6 is 11.8 Å². The summed E-state index contributed by atoms with van der Waals surface area (Å²) in [5.74, 6) is 0. The molecule has 0 unspecified atom stereocenters. The van der Waals surface area contributed by atoms with Crippen LogP contribution in [0.4, 0.5) is 0 Å². The van der Waals surface area contributed by atoms with Crippen molar-refractivity contribution in [1.82, 2.24) is 30.2 Å². The Morgan fingerprint density at radius 2 is 2.24 bits per heavy atom. The lowest BCUT2D eigenvalue weighted by molar-refractivity contribution is 0.565. The van der Waals surface area contributed by atoms with Gasteiger partial charge in [0.1, 0.15) is 5.03 Å². The molecule has 7 nitrogen and oxygen atoms in total. The molecule has 17 heavy (non-hydrogen) atoms. The summed E-state index contributed by atoms with van der Waals surface area (Å²) in [6.07, 6.45) is 5.67. The summed E-state index contributed by atoms with van der Waals surface area (Å²) < 4.78 is 1.85. The molecule has 2 heterocycles. The highest BCUT2D eigenvalue weighted by atomic mass is 32.2. The molecule has 0 atom stereocenters. The summed E-state index contributed by atoms with van der Waals surface area (Å²) in [5, 5.41) is 13.2.